The number of para-hydroxylation sites is 4. The van der Waals surface area contributed by atoms with Gasteiger partial charge in [0.05, 0.1) is 0 Å². The van der Waals surface area contributed by atoms with Crippen LogP contribution in [0.5, 0.6) is 11.5 Å². The van der Waals surface area contributed by atoms with Crippen LogP contribution in [0, 0.1) is 3.80 Å². The fourth-order valence-corrected chi connectivity index (χ4v) is 11.8. The number of imidazole rings is 1. The third-order valence-corrected chi connectivity index (χ3v) is 15.8. The van der Waals surface area contributed by atoms with Gasteiger partial charge in [-0.15, -0.1) is 0 Å². The van der Waals surface area contributed by atoms with E-state index in [1.807, 2.05) is 30.5 Å². The van der Waals surface area contributed by atoms with Gasteiger partial charge >= 0.3 is 405 Å². The van der Waals surface area contributed by atoms with E-state index in [1.54, 1.807) is 0 Å². The maximum absolute atomic E-state index is 9.46. The van der Waals surface area contributed by atoms with E-state index in [4.69, 9.17) is 13.8 Å². The van der Waals surface area contributed by atoms with Crippen LogP contribution < -0.4 is 9.64 Å². The molecule has 0 saturated carbocycles. The van der Waals surface area contributed by atoms with Gasteiger partial charge in [-0.3, -0.25) is 0 Å². The van der Waals surface area contributed by atoms with Crippen molar-refractivity contribution in [3.63, 3.8) is 0 Å². The first kappa shape index (κ1) is 42.8. The van der Waals surface area contributed by atoms with Crippen LogP contribution in [-0.4, -0.2) is 25.2 Å². The molecule has 1 aliphatic rings. The van der Waals surface area contributed by atoms with E-state index in [-0.39, 0.29) is 46.0 Å². The minimum atomic E-state index is -0.432. The zero-order chi connectivity index (χ0) is 56.3. The SMILES string of the molecule is [2H]c1c([2H])c([2H])c(-c2cccc(-c3cc(C(C)(C)C)cc(C(C)(C)C)c3)c2-n2[c](=[Pt])n3c4c(cccc42)CCN(c2ccccc2)c2ccc(Oc4ccc5c6ccccc6n(-c6cc(C(C)(C)C)ccn6)c5c4)cc2-3)c([2H])c1[2H]. The molecule has 0 radical (unpaired) electrons. The molecule has 0 unspecified atom stereocenters. The number of nitrogens with zero attached hydrogens (tertiary/aromatic N) is 5. The number of aromatic nitrogens is 4. The number of benzene rings is 8. The number of hydrogen-bond acceptors (Lipinski definition) is 3. The quantitative estimate of drug-likeness (QED) is 0.160. The summed E-state index contributed by atoms with van der Waals surface area (Å²) in [7, 11) is 0. The van der Waals surface area contributed by atoms with Gasteiger partial charge in [-0.1, -0.05) is 32.9 Å². The van der Waals surface area contributed by atoms with Crippen molar-refractivity contribution in [2.45, 2.75) is 85.0 Å². The third kappa shape index (κ3) is 8.67. The van der Waals surface area contributed by atoms with Gasteiger partial charge in [0.15, 0.2) is 0 Å². The molecule has 7 heteroatoms. The van der Waals surface area contributed by atoms with E-state index in [9.17, 15) is 2.74 Å². The van der Waals surface area contributed by atoms with Crippen molar-refractivity contribution in [3.05, 3.63) is 220 Å². The minimum absolute atomic E-state index is 0.0711. The van der Waals surface area contributed by atoms with E-state index >= 15 is 0 Å². The summed E-state index contributed by atoms with van der Waals surface area (Å²) in [6.45, 7) is 20.7. The average Bonchev–Trinajstić information content (AvgIpc) is 3.98. The van der Waals surface area contributed by atoms with Gasteiger partial charge in [0.1, 0.15) is 0 Å². The molecule has 6 nitrogen and oxygen atoms in total. The fraction of sp³-hybridized carbons (Fsp3) is 0.206. The first-order chi connectivity index (χ1) is 38.1. The summed E-state index contributed by atoms with van der Waals surface area (Å²) < 4.78 is 60.1. The molecule has 75 heavy (non-hydrogen) atoms. The Hall–Kier alpha value is -7.53. The Balaban J connectivity index is 1.13. The molecule has 11 aromatic rings. The Morgan fingerprint density at radius 2 is 1.16 bits per heavy atom. The van der Waals surface area contributed by atoms with Crippen LogP contribution >= 0.6 is 0 Å². The van der Waals surface area contributed by atoms with E-state index in [1.165, 1.54) is 16.7 Å². The Morgan fingerprint density at radius 3 is 1.89 bits per heavy atom. The van der Waals surface area contributed by atoms with Crippen molar-refractivity contribution in [3.8, 4) is 50.9 Å². The summed E-state index contributed by atoms with van der Waals surface area (Å²) in [6.07, 6.45) is 2.61. The standard InChI is InChI=1S/C68H63N5O.Pt/c1-66(2,3)48-34-36-69-63(41-48)73-58-28-17-16-25-56(58)57-32-30-52(42-61(57)73)74-53-31-33-59-62(43-53)72-44-71(60-29-18-22-46(64(60)72)35-37-70(59)51-23-14-11-15-24-51)65-54(45-20-12-10-13-21-45)26-19-27-55(65)47-38-49(67(4,5)6)40-50(39-47)68(7,8)9;/h10-34,36,38-43H,35,37H2,1-9H3;/i10D,12D,13D,20D,21D;. The van der Waals surface area contributed by atoms with Gasteiger partial charge in [-0.25, -0.2) is 0 Å². The van der Waals surface area contributed by atoms with Gasteiger partial charge in [-0.05, 0) is 17.0 Å². The normalized spacial score (nSPS) is 14.0. The van der Waals surface area contributed by atoms with Gasteiger partial charge in [0.2, 0.25) is 0 Å². The van der Waals surface area contributed by atoms with E-state index in [0.29, 0.717) is 35.7 Å². The molecule has 0 amide bonds. The summed E-state index contributed by atoms with van der Waals surface area (Å²) in [5.41, 5.74) is 14.3. The number of fused-ring (bicyclic) bond motifs is 5. The van der Waals surface area contributed by atoms with Crippen LogP contribution in [0.2, 0.25) is 0 Å². The second-order valence-electron chi connectivity index (χ2n) is 22.9. The molecule has 376 valence electrons. The van der Waals surface area contributed by atoms with Crippen molar-refractivity contribution in [2.24, 2.45) is 0 Å². The predicted octanol–water partition coefficient (Wildman–Crippen LogP) is 17.7. The topological polar surface area (TPSA) is 40.1 Å². The van der Waals surface area contributed by atoms with E-state index < -0.39 is 6.04 Å². The molecule has 0 saturated heterocycles. The number of rotatable bonds is 7. The van der Waals surface area contributed by atoms with Gasteiger partial charge in [0.25, 0.3) is 0 Å². The van der Waals surface area contributed by atoms with E-state index in [2.05, 4.69) is 234 Å². The predicted molar refractivity (Wildman–Crippen MR) is 309 cm³/mol. The van der Waals surface area contributed by atoms with Crippen LogP contribution in [0.15, 0.2) is 194 Å². The maximum atomic E-state index is 9.46. The second kappa shape index (κ2) is 18.4. The molecule has 12 rings (SSSR count). The monoisotopic (exact) mass is 1170 g/mol. The first-order valence-electron chi connectivity index (χ1n) is 28.3. The summed E-state index contributed by atoms with van der Waals surface area (Å²) in [6, 6.07) is 53.5. The molecule has 3 aromatic heterocycles. The molecule has 0 fully saturated rings. The van der Waals surface area contributed by atoms with Crippen molar-refractivity contribution >= 4 is 44.2 Å². The fourth-order valence-electron chi connectivity index (χ4n) is 10.8. The summed E-state index contributed by atoms with van der Waals surface area (Å²) in [4.78, 5) is 7.31. The van der Waals surface area contributed by atoms with Gasteiger partial charge in [0, 0.05) is 6.20 Å². The van der Waals surface area contributed by atoms with Crippen molar-refractivity contribution in [2.75, 3.05) is 11.4 Å². The molecule has 0 N–H and O–H groups in total. The summed E-state index contributed by atoms with van der Waals surface area (Å²) >= 11 is 2.45. The van der Waals surface area contributed by atoms with E-state index in [0.717, 1.165) is 76.2 Å². The number of anilines is 2. The van der Waals surface area contributed by atoms with Crippen LogP contribution in [0.3, 0.4) is 0 Å². The molecule has 0 aliphatic carbocycles. The molecule has 1 aliphatic heterocycles. The molecular formula is C68H63N5OPt. The Morgan fingerprint density at radius 1 is 0.520 bits per heavy atom. The first-order valence-corrected chi connectivity index (χ1v) is 26.9. The molecule has 0 bridgehead atoms. The van der Waals surface area contributed by atoms with Crippen molar-refractivity contribution < 1.29 is 30.9 Å². The van der Waals surface area contributed by atoms with Crippen LogP contribution in [0.25, 0.3) is 72.3 Å². The molecular weight excluding hydrogens is 1100 g/mol. The summed E-state index contributed by atoms with van der Waals surface area (Å²) in [5, 5.41) is 2.23. The Labute approximate surface area is 459 Å². The zero-order valence-electron chi connectivity index (χ0n) is 49.0. The van der Waals surface area contributed by atoms with Crippen LogP contribution in [-0.2, 0) is 42.0 Å². The third-order valence-electron chi connectivity index (χ3n) is 14.8. The van der Waals surface area contributed by atoms with Gasteiger partial charge < -0.3 is 0 Å². The molecule has 4 heterocycles. The number of pyridine rings is 1. The van der Waals surface area contributed by atoms with Crippen LogP contribution in [0.4, 0.5) is 11.4 Å². The van der Waals surface area contributed by atoms with Crippen molar-refractivity contribution in [1.29, 1.82) is 0 Å². The molecule has 0 atom stereocenters. The number of hydrogen-bond donors (Lipinski definition) is 0. The second-order valence-corrected chi connectivity index (χ2v) is 23.9. The van der Waals surface area contributed by atoms with Gasteiger partial charge in [-0.2, -0.15) is 0 Å². The average molecular weight is 1170 g/mol. The van der Waals surface area contributed by atoms with Crippen molar-refractivity contribution in [1.82, 2.24) is 18.7 Å². The van der Waals surface area contributed by atoms with Crippen LogP contribution in [0.1, 0.15) is 91.4 Å². The number of ether oxygens (including phenoxy) is 1. The molecule has 0 spiro atoms. The Kier molecular flexibility index (Phi) is 10.5. The summed E-state index contributed by atoms with van der Waals surface area (Å²) in [5.74, 6) is 2.16. The molecule has 8 aromatic carbocycles. The Bertz CT molecular complexity index is 4320. The zero-order valence-corrected chi connectivity index (χ0v) is 46.2.